The zero-order valence-corrected chi connectivity index (χ0v) is 18.2. The first-order chi connectivity index (χ1) is 12.7. The molecule has 0 unspecified atom stereocenters. The first kappa shape index (κ1) is 25.8. The Bertz CT molecular complexity index is 261. The Hall–Kier alpha value is -0.240. The van der Waals surface area contributed by atoms with Crippen molar-refractivity contribution in [1.82, 2.24) is 14.7 Å². The quantitative estimate of drug-likeness (QED) is 0.303. The van der Waals surface area contributed by atoms with Crippen LogP contribution >= 0.6 is 0 Å². The van der Waals surface area contributed by atoms with Crippen molar-refractivity contribution in [1.29, 1.82) is 0 Å². The number of ether oxygens (including phenoxy) is 3. The van der Waals surface area contributed by atoms with Crippen LogP contribution in [-0.4, -0.2) is 113 Å². The third-order valence-electron chi connectivity index (χ3n) is 4.63. The highest BCUT2D eigenvalue weighted by Gasteiger charge is 2.10. The van der Waals surface area contributed by atoms with E-state index in [1.54, 1.807) is 0 Å². The average Bonchev–Trinajstić information content (AvgIpc) is 2.66. The van der Waals surface area contributed by atoms with Crippen molar-refractivity contribution in [2.75, 3.05) is 98.5 Å². The van der Waals surface area contributed by atoms with Crippen LogP contribution in [0.1, 0.15) is 34.6 Å². The fourth-order valence-corrected chi connectivity index (χ4v) is 2.77. The summed E-state index contributed by atoms with van der Waals surface area (Å²) in [4.78, 5) is 7.47. The van der Waals surface area contributed by atoms with Crippen LogP contribution in [0.2, 0.25) is 0 Å². The lowest BCUT2D eigenvalue weighted by atomic mass is 10.3. The summed E-state index contributed by atoms with van der Waals surface area (Å²) in [5, 5.41) is 0. The van der Waals surface area contributed by atoms with Crippen molar-refractivity contribution in [3.8, 4) is 0 Å². The lowest BCUT2D eigenvalue weighted by molar-refractivity contribution is 0.0836. The van der Waals surface area contributed by atoms with E-state index in [1.165, 1.54) is 0 Å². The predicted molar refractivity (Wildman–Crippen MR) is 110 cm³/mol. The molecule has 0 atom stereocenters. The molecule has 0 rings (SSSR count). The van der Waals surface area contributed by atoms with Crippen molar-refractivity contribution in [3.05, 3.63) is 0 Å². The van der Waals surface area contributed by atoms with Gasteiger partial charge < -0.3 is 24.0 Å². The molecule has 0 aromatic heterocycles. The molecule has 0 N–H and O–H groups in total. The minimum atomic E-state index is 0.790. The van der Waals surface area contributed by atoms with Gasteiger partial charge in [0.2, 0.25) is 0 Å². The molecule has 0 aliphatic heterocycles. The molecule has 0 saturated carbocycles. The fourth-order valence-electron chi connectivity index (χ4n) is 2.77. The highest BCUT2D eigenvalue weighted by atomic mass is 16.5. The molecule has 0 radical (unpaired) electrons. The van der Waals surface area contributed by atoms with Gasteiger partial charge in [-0.3, -0.25) is 4.90 Å². The molecule has 0 aromatic carbocycles. The molecule has 6 nitrogen and oxygen atoms in total. The first-order valence-electron chi connectivity index (χ1n) is 10.6. The van der Waals surface area contributed by atoms with Crippen molar-refractivity contribution in [2.24, 2.45) is 0 Å². The fraction of sp³-hybridized carbons (Fsp3) is 1.00. The number of rotatable bonds is 20. The van der Waals surface area contributed by atoms with E-state index < -0.39 is 0 Å². The summed E-state index contributed by atoms with van der Waals surface area (Å²) in [6, 6.07) is 0. The molecule has 0 heterocycles. The third kappa shape index (κ3) is 14.9. The minimum absolute atomic E-state index is 0.790. The van der Waals surface area contributed by atoms with Crippen molar-refractivity contribution in [3.63, 3.8) is 0 Å². The van der Waals surface area contributed by atoms with Crippen LogP contribution in [0.3, 0.4) is 0 Å². The van der Waals surface area contributed by atoms with E-state index >= 15 is 0 Å². The number of hydrogen-bond acceptors (Lipinski definition) is 6. The zero-order chi connectivity index (χ0) is 19.5. The van der Waals surface area contributed by atoms with E-state index in [9.17, 15) is 0 Å². The second kappa shape index (κ2) is 19.5. The molecule has 0 spiro atoms. The van der Waals surface area contributed by atoms with Crippen LogP contribution in [0.5, 0.6) is 0 Å². The minimum Gasteiger partial charge on any atom is -0.380 e. The van der Waals surface area contributed by atoms with Crippen molar-refractivity contribution < 1.29 is 14.2 Å². The van der Waals surface area contributed by atoms with E-state index in [0.717, 1.165) is 98.5 Å². The molecule has 158 valence electrons. The Kier molecular flexibility index (Phi) is 19.3. The van der Waals surface area contributed by atoms with Crippen molar-refractivity contribution in [2.45, 2.75) is 34.6 Å². The van der Waals surface area contributed by atoms with Gasteiger partial charge in [-0.15, -0.1) is 0 Å². The van der Waals surface area contributed by atoms with Crippen LogP contribution in [0.4, 0.5) is 0 Å². The second-order valence-electron chi connectivity index (χ2n) is 6.30. The molecule has 0 fully saturated rings. The highest BCUT2D eigenvalue weighted by Crippen LogP contribution is 1.97. The van der Waals surface area contributed by atoms with Gasteiger partial charge in [0.15, 0.2) is 0 Å². The maximum absolute atomic E-state index is 5.58. The molecular weight excluding hydrogens is 330 g/mol. The maximum atomic E-state index is 5.58. The number of hydrogen-bond donors (Lipinski definition) is 0. The van der Waals surface area contributed by atoms with E-state index in [1.807, 2.05) is 0 Å². The molecule has 0 aliphatic carbocycles. The first-order valence-corrected chi connectivity index (χ1v) is 10.6. The predicted octanol–water partition coefficient (Wildman–Crippen LogP) is 2.04. The van der Waals surface area contributed by atoms with Gasteiger partial charge in [-0.1, -0.05) is 13.8 Å². The molecule has 0 aliphatic rings. The summed E-state index contributed by atoms with van der Waals surface area (Å²) < 4.78 is 16.6. The monoisotopic (exact) mass is 375 g/mol. The molecule has 26 heavy (non-hydrogen) atoms. The second-order valence-corrected chi connectivity index (χ2v) is 6.30. The van der Waals surface area contributed by atoms with Gasteiger partial charge in [-0.25, -0.2) is 0 Å². The summed E-state index contributed by atoms with van der Waals surface area (Å²) in [5.74, 6) is 0. The van der Waals surface area contributed by atoms with Crippen LogP contribution < -0.4 is 0 Å². The Balaban J connectivity index is 4.30. The van der Waals surface area contributed by atoms with Gasteiger partial charge in [-0.05, 0) is 33.9 Å². The van der Waals surface area contributed by atoms with E-state index in [0.29, 0.717) is 0 Å². The Morgan fingerprint density at radius 2 is 0.731 bits per heavy atom. The van der Waals surface area contributed by atoms with Gasteiger partial charge in [0.05, 0.1) is 19.8 Å². The molecular formula is C20H45N3O3. The molecule has 0 aromatic rings. The highest BCUT2D eigenvalue weighted by molar-refractivity contribution is 4.66. The Morgan fingerprint density at radius 3 is 1.04 bits per heavy atom. The van der Waals surface area contributed by atoms with Crippen LogP contribution in [0.15, 0.2) is 0 Å². The van der Waals surface area contributed by atoms with Gasteiger partial charge in [-0.2, -0.15) is 0 Å². The van der Waals surface area contributed by atoms with Crippen LogP contribution in [-0.2, 0) is 14.2 Å². The molecule has 0 saturated heterocycles. The van der Waals surface area contributed by atoms with Crippen LogP contribution in [0.25, 0.3) is 0 Å². The smallest absolute Gasteiger partial charge is 0.0593 e. The normalized spacial score (nSPS) is 12.0. The Labute approximate surface area is 162 Å². The SMILES string of the molecule is CCOCCN(CC)CCN(CCOCC)CCN(CC)CCOCC. The summed E-state index contributed by atoms with van der Waals surface area (Å²) in [5.41, 5.74) is 0. The Morgan fingerprint density at radius 1 is 0.423 bits per heavy atom. The summed E-state index contributed by atoms with van der Waals surface area (Å²) in [6.45, 7) is 25.0. The average molecular weight is 376 g/mol. The molecule has 0 bridgehead atoms. The van der Waals surface area contributed by atoms with Crippen molar-refractivity contribution >= 4 is 0 Å². The summed E-state index contributed by atoms with van der Waals surface area (Å²) in [6.07, 6.45) is 0. The maximum Gasteiger partial charge on any atom is 0.0593 e. The van der Waals surface area contributed by atoms with Gasteiger partial charge in [0.1, 0.15) is 0 Å². The van der Waals surface area contributed by atoms with E-state index in [2.05, 4.69) is 49.3 Å². The summed E-state index contributed by atoms with van der Waals surface area (Å²) in [7, 11) is 0. The standard InChI is InChI=1S/C20H45N3O3/c1-6-21(15-18-24-8-3)11-13-23(17-20-26-10-5)14-12-22(7-2)16-19-25-9-4/h6-20H2,1-5H3. The lowest BCUT2D eigenvalue weighted by Gasteiger charge is -2.29. The van der Waals surface area contributed by atoms with Gasteiger partial charge >= 0.3 is 0 Å². The molecule has 6 heteroatoms. The summed E-state index contributed by atoms with van der Waals surface area (Å²) >= 11 is 0. The number of likely N-dealkylation sites (N-methyl/N-ethyl adjacent to an activating group) is 2. The molecule has 0 amide bonds. The van der Waals surface area contributed by atoms with E-state index in [4.69, 9.17) is 14.2 Å². The third-order valence-corrected chi connectivity index (χ3v) is 4.63. The number of nitrogens with zero attached hydrogens (tertiary/aromatic N) is 3. The topological polar surface area (TPSA) is 37.4 Å². The van der Waals surface area contributed by atoms with Crippen LogP contribution in [0, 0.1) is 0 Å². The van der Waals surface area contributed by atoms with E-state index in [-0.39, 0.29) is 0 Å². The lowest BCUT2D eigenvalue weighted by Crippen LogP contribution is -2.42. The largest absolute Gasteiger partial charge is 0.380 e. The zero-order valence-electron chi connectivity index (χ0n) is 18.2. The van der Waals surface area contributed by atoms with Gasteiger partial charge in [0.25, 0.3) is 0 Å². The van der Waals surface area contributed by atoms with Gasteiger partial charge in [0, 0.05) is 65.6 Å².